The van der Waals surface area contributed by atoms with Crippen molar-refractivity contribution in [2.45, 2.75) is 13.5 Å². The maximum atomic E-state index is 11.0. The average Bonchev–Trinajstić information content (AvgIpc) is 2.53. The van der Waals surface area contributed by atoms with Crippen molar-refractivity contribution >= 4 is 17.2 Å². The van der Waals surface area contributed by atoms with Crippen LogP contribution in [0.1, 0.15) is 21.7 Å². The number of hydrogen-bond donors (Lipinski definition) is 0. The van der Waals surface area contributed by atoms with Gasteiger partial charge in [0.1, 0.15) is 18.1 Å². The third kappa shape index (κ3) is 2.89. The molecule has 0 spiro atoms. The topological polar surface area (TPSA) is 52.1 Å². The van der Waals surface area contributed by atoms with E-state index in [1.54, 1.807) is 12.3 Å². The number of aryl methyl sites for hydroxylation is 1. The summed E-state index contributed by atoms with van der Waals surface area (Å²) >= 11 is 0. The molecular weight excluding hydrogens is 264 g/mol. The molecule has 0 saturated carbocycles. The van der Waals surface area contributed by atoms with Gasteiger partial charge in [0.05, 0.1) is 5.52 Å². The van der Waals surface area contributed by atoms with Gasteiger partial charge in [-0.1, -0.05) is 18.2 Å². The van der Waals surface area contributed by atoms with Gasteiger partial charge in [-0.15, -0.1) is 0 Å². The van der Waals surface area contributed by atoms with Crippen molar-refractivity contribution in [3.05, 3.63) is 65.6 Å². The van der Waals surface area contributed by atoms with Gasteiger partial charge in [-0.05, 0) is 31.2 Å². The number of aldehydes is 1. The number of nitrogens with zero attached hydrogens (tertiary/aromatic N) is 2. The Kier molecular flexibility index (Phi) is 3.60. The van der Waals surface area contributed by atoms with Gasteiger partial charge in [0.2, 0.25) is 0 Å². The Morgan fingerprint density at radius 2 is 2.05 bits per heavy atom. The van der Waals surface area contributed by atoms with Crippen LogP contribution in [0.4, 0.5) is 0 Å². The first-order valence-electron chi connectivity index (χ1n) is 6.65. The zero-order valence-electron chi connectivity index (χ0n) is 11.6. The van der Waals surface area contributed by atoms with Crippen LogP contribution in [0.15, 0.2) is 48.7 Å². The Labute approximate surface area is 122 Å². The predicted octanol–water partition coefficient (Wildman–Crippen LogP) is 3.33. The van der Waals surface area contributed by atoms with E-state index >= 15 is 0 Å². The third-order valence-electron chi connectivity index (χ3n) is 3.18. The lowest BCUT2D eigenvalue weighted by Gasteiger charge is -2.09. The second-order valence-electron chi connectivity index (χ2n) is 4.78. The van der Waals surface area contributed by atoms with Crippen molar-refractivity contribution < 1.29 is 9.53 Å². The number of rotatable bonds is 4. The van der Waals surface area contributed by atoms with Crippen LogP contribution in [0, 0.1) is 6.92 Å². The Bertz CT molecular complexity index is 800. The SMILES string of the molecule is Cc1ccc(OCc2cnc3ccccc3c2)c(C=O)n1. The van der Waals surface area contributed by atoms with Gasteiger partial charge in [-0.25, -0.2) is 4.98 Å². The van der Waals surface area contributed by atoms with Gasteiger partial charge in [0.15, 0.2) is 6.29 Å². The molecule has 0 amide bonds. The van der Waals surface area contributed by atoms with Crippen LogP contribution in [0.25, 0.3) is 10.9 Å². The second kappa shape index (κ2) is 5.71. The van der Waals surface area contributed by atoms with Crippen LogP contribution in [-0.2, 0) is 6.61 Å². The Morgan fingerprint density at radius 3 is 2.90 bits per heavy atom. The van der Waals surface area contributed by atoms with Crippen LogP contribution in [0.2, 0.25) is 0 Å². The number of benzene rings is 1. The molecule has 104 valence electrons. The van der Waals surface area contributed by atoms with Crippen molar-refractivity contribution in [3.63, 3.8) is 0 Å². The molecule has 3 rings (SSSR count). The Morgan fingerprint density at radius 1 is 1.19 bits per heavy atom. The van der Waals surface area contributed by atoms with E-state index in [-0.39, 0.29) is 0 Å². The molecule has 1 aromatic carbocycles. The maximum Gasteiger partial charge on any atom is 0.172 e. The lowest BCUT2D eigenvalue weighted by Crippen LogP contribution is -2.01. The minimum absolute atomic E-state index is 0.323. The maximum absolute atomic E-state index is 11.0. The first-order chi connectivity index (χ1) is 10.3. The first-order valence-corrected chi connectivity index (χ1v) is 6.65. The zero-order valence-corrected chi connectivity index (χ0v) is 11.6. The fourth-order valence-corrected chi connectivity index (χ4v) is 2.13. The highest BCUT2D eigenvalue weighted by molar-refractivity contribution is 5.78. The molecule has 0 aliphatic heterocycles. The Hall–Kier alpha value is -2.75. The molecule has 4 heteroatoms. The summed E-state index contributed by atoms with van der Waals surface area (Å²) in [6.07, 6.45) is 2.49. The summed E-state index contributed by atoms with van der Waals surface area (Å²) in [5.41, 5.74) is 3.01. The van der Waals surface area contributed by atoms with Gasteiger partial charge in [-0.2, -0.15) is 0 Å². The molecule has 0 bridgehead atoms. The number of ether oxygens (including phenoxy) is 1. The summed E-state index contributed by atoms with van der Waals surface area (Å²) < 4.78 is 5.68. The highest BCUT2D eigenvalue weighted by Crippen LogP contribution is 2.18. The van der Waals surface area contributed by atoms with Gasteiger partial charge in [0.25, 0.3) is 0 Å². The smallest absolute Gasteiger partial charge is 0.172 e. The third-order valence-corrected chi connectivity index (χ3v) is 3.18. The molecule has 0 atom stereocenters. The van der Waals surface area contributed by atoms with Crippen molar-refractivity contribution in [3.8, 4) is 5.75 Å². The summed E-state index contributed by atoms with van der Waals surface area (Å²) in [5, 5.41) is 1.07. The van der Waals surface area contributed by atoms with E-state index < -0.39 is 0 Å². The van der Waals surface area contributed by atoms with Crippen molar-refractivity contribution in [1.29, 1.82) is 0 Å². The van der Waals surface area contributed by atoms with Gasteiger partial charge in [0, 0.05) is 22.8 Å². The summed E-state index contributed by atoms with van der Waals surface area (Å²) in [6.45, 7) is 2.19. The molecule has 21 heavy (non-hydrogen) atoms. The number of aromatic nitrogens is 2. The highest BCUT2D eigenvalue weighted by Gasteiger charge is 2.06. The van der Waals surface area contributed by atoms with E-state index in [4.69, 9.17) is 4.74 Å². The minimum atomic E-state index is 0.323. The molecule has 2 aromatic heterocycles. The predicted molar refractivity (Wildman–Crippen MR) is 80.4 cm³/mol. The van der Waals surface area contributed by atoms with Crippen LogP contribution in [-0.4, -0.2) is 16.3 Å². The molecule has 0 aliphatic carbocycles. The van der Waals surface area contributed by atoms with Gasteiger partial charge < -0.3 is 4.74 Å². The van der Waals surface area contributed by atoms with Gasteiger partial charge in [-0.3, -0.25) is 9.78 Å². The van der Waals surface area contributed by atoms with Crippen molar-refractivity contribution in [1.82, 2.24) is 9.97 Å². The standard InChI is InChI=1S/C17H14N2O2/c1-12-6-7-17(16(10-20)19-12)21-11-13-8-14-4-2-3-5-15(14)18-9-13/h2-10H,11H2,1H3. The lowest BCUT2D eigenvalue weighted by atomic mass is 10.2. The molecule has 4 nitrogen and oxygen atoms in total. The highest BCUT2D eigenvalue weighted by atomic mass is 16.5. The van der Waals surface area contributed by atoms with Crippen LogP contribution >= 0.6 is 0 Å². The van der Waals surface area contributed by atoms with Crippen LogP contribution in [0.5, 0.6) is 5.75 Å². The fraction of sp³-hybridized carbons (Fsp3) is 0.118. The fourth-order valence-electron chi connectivity index (χ4n) is 2.13. The van der Waals surface area contributed by atoms with E-state index in [0.717, 1.165) is 22.2 Å². The zero-order chi connectivity index (χ0) is 14.7. The quantitative estimate of drug-likeness (QED) is 0.687. The molecule has 0 N–H and O–H groups in total. The number of carbonyl (C=O) groups is 1. The number of fused-ring (bicyclic) bond motifs is 1. The molecular formula is C17H14N2O2. The number of pyridine rings is 2. The van der Waals surface area contributed by atoms with Crippen molar-refractivity contribution in [2.24, 2.45) is 0 Å². The van der Waals surface area contributed by atoms with E-state index in [1.165, 1.54) is 0 Å². The molecule has 3 aromatic rings. The second-order valence-corrected chi connectivity index (χ2v) is 4.78. The molecule has 0 radical (unpaired) electrons. The number of carbonyl (C=O) groups excluding carboxylic acids is 1. The van der Waals surface area contributed by atoms with E-state index in [2.05, 4.69) is 9.97 Å². The first kappa shape index (κ1) is 13.2. The van der Waals surface area contributed by atoms with E-state index in [9.17, 15) is 4.79 Å². The molecule has 0 saturated heterocycles. The summed E-state index contributed by atoms with van der Waals surface area (Å²) in [6, 6.07) is 13.5. The summed E-state index contributed by atoms with van der Waals surface area (Å²) in [4.78, 5) is 19.5. The summed E-state index contributed by atoms with van der Waals surface area (Å²) in [7, 11) is 0. The van der Waals surface area contributed by atoms with E-state index in [1.807, 2.05) is 43.3 Å². The summed E-state index contributed by atoms with van der Waals surface area (Å²) in [5.74, 6) is 0.490. The van der Waals surface area contributed by atoms with Crippen LogP contribution in [0.3, 0.4) is 0 Å². The normalized spacial score (nSPS) is 10.5. The van der Waals surface area contributed by atoms with Gasteiger partial charge >= 0.3 is 0 Å². The van der Waals surface area contributed by atoms with Crippen LogP contribution < -0.4 is 4.74 Å². The van der Waals surface area contributed by atoms with E-state index in [0.29, 0.717) is 24.3 Å². The number of para-hydroxylation sites is 1. The Balaban J connectivity index is 1.81. The molecule has 0 aliphatic rings. The molecule has 0 unspecified atom stereocenters. The lowest BCUT2D eigenvalue weighted by molar-refractivity contribution is 0.111. The largest absolute Gasteiger partial charge is 0.486 e. The van der Waals surface area contributed by atoms with Crippen molar-refractivity contribution in [2.75, 3.05) is 0 Å². The average molecular weight is 278 g/mol. The minimum Gasteiger partial charge on any atom is -0.486 e. The molecule has 2 heterocycles. The monoisotopic (exact) mass is 278 g/mol. The number of hydrogen-bond acceptors (Lipinski definition) is 4. The molecule has 0 fully saturated rings.